The van der Waals surface area contributed by atoms with Gasteiger partial charge in [-0.15, -0.1) is 0 Å². The Bertz CT molecular complexity index is 3690. The second-order valence-electron chi connectivity index (χ2n) is 16.4. The van der Waals surface area contributed by atoms with E-state index in [1.807, 2.05) is 0 Å². The largest absolute Gasteiger partial charge is 0.278 e. The second-order valence-corrected chi connectivity index (χ2v) is 16.4. The summed E-state index contributed by atoms with van der Waals surface area (Å²) in [4.78, 5) is 10.9. The fourth-order valence-electron chi connectivity index (χ4n) is 10.3. The van der Waals surface area contributed by atoms with Gasteiger partial charge in [0, 0.05) is 21.9 Å². The molecule has 3 nitrogen and oxygen atoms in total. The van der Waals surface area contributed by atoms with E-state index in [9.17, 15) is 0 Å². The van der Waals surface area contributed by atoms with Crippen molar-refractivity contribution in [2.45, 2.75) is 0 Å². The average Bonchev–Trinajstić information content (AvgIpc) is 3.87. The van der Waals surface area contributed by atoms with Crippen molar-refractivity contribution in [3.63, 3.8) is 0 Å². The first-order valence-electron chi connectivity index (χ1n) is 21.6. The fourth-order valence-corrected chi connectivity index (χ4v) is 10.3. The molecule has 0 radical (unpaired) electrons. The second kappa shape index (κ2) is 14.1. The van der Waals surface area contributed by atoms with Gasteiger partial charge in [0.25, 0.3) is 0 Å². The van der Waals surface area contributed by atoms with Crippen molar-refractivity contribution in [1.29, 1.82) is 0 Å². The van der Waals surface area contributed by atoms with E-state index in [0.29, 0.717) is 5.95 Å². The maximum absolute atomic E-state index is 5.46. The summed E-state index contributed by atoms with van der Waals surface area (Å²) >= 11 is 0. The normalized spacial score (nSPS) is 11.8. The molecule has 292 valence electrons. The van der Waals surface area contributed by atoms with Gasteiger partial charge in [-0.3, -0.25) is 4.57 Å². The van der Waals surface area contributed by atoms with E-state index in [-0.39, 0.29) is 0 Å². The maximum atomic E-state index is 5.46. The predicted molar refractivity (Wildman–Crippen MR) is 263 cm³/mol. The minimum Gasteiger partial charge on any atom is -0.278 e. The van der Waals surface area contributed by atoms with E-state index in [4.69, 9.17) is 9.97 Å². The number of rotatable bonds is 6. The van der Waals surface area contributed by atoms with Crippen LogP contribution in [0.5, 0.6) is 0 Å². The van der Waals surface area contributed by atoms with Gasteiger partial charge in [-0.25, -0.2) is 9.97 Å². The van der Waals surface area contributed by atoms with Crippen LogP contribution >= 0.6 is 0 Å². The van der Waals surface area contributed by atoms with Crippen LogP contribution in [-0.2, 0) is 0 Å². The van der Waals surface area contributed by atoms with E-state index in [1.54, 1.807) is 0 Å². The summed E-state index contributed by atoms with van der Waals surface area (Å²) in [5.41, 5.74) is 18.3. The molecule has 3 heteroatoms. The Morgan fingerprint density at radius 3 is 1.30 bits per heavy atom. The van der Waals surface area contributed by atoms with Crippen LogP contribution in [0, 0.1) is 0 Å². The minimum atomic E-state index is 0.635. The standard InChI is InChI=1S/C60H37N3/c1-6-19-38(20-7-1)43-33-34-52-48(35-43)57-46-31-18-32-47-56(46)49(36-53(57)63(52)60-61-50(39-21-8-2-9-22-39)37-51(62-60)40-23-10-3-11-24-40)59-55(42-27-14-5-15-28-42)45-30-17-16-29-44(45)54(58(47)59)41-25-12-4-13-26-41/h1-37H. The molecule has 0 saturated heterocycles. The highest BCUT2D eigenvalue weighted by Gasteiger charge is 2.33. The molecule has 0 unspecified atom stereocenters. The molecule has 0 saturated carbocycles. The van der Waals surface area contributed by atoms with Crippen LogP contribution in [0.2, 0.25) is 0 Å². The smallest absolute Gasteiger partial charge is 0.235 e. The number of nitrogens with zero attached hydrogens (tertiary/aromatic N) is 3. The zero-order valence-electron chi connectivity index (χ0n) is 34.2. The molecule has 13 rings (SSSR count). The van der Waals surface area contributed by atoms with Gasteiger partial charge in [-0.2, -0.15) is 0 Å². The van der Waals surface area contributed by atoms with Crippen molar-refractivity contribution in [3.05, 3.63) is 224 Å². The van der Waals surface area contributed by atoms with Gasteiger partial charge in [0.1, 0.15) is 0 Å². The number of aromatic nitrogens is 3. The highest BCUT2D eigenvalue weighted by Crippen LogP contribution is 2.59. The molecular formula is C60H37N3. The highest BCUT2D eigenvalue weighted by molar-refractivity contribution is 6.34. The topological polar surface area (TPSA) is 30.7 Å². The Labute approximate surface area is 364 Å². The number of hydrogen-bond donors (Lipinski definition) is 0. The molecule has 63 heavy (non-hydrogen) atoms. The van der Waals surface area contributed by atoms with Gasteiger partial charge in [-0.05, 0) is 101 Å². The predicted octanol–water partition coefficient (Wildman–Crippen LogP) is 15.9. The monoisotopic (exact) mass is 799 g/mol. The van der Waals surface area contributed by atoms with Crippen LogP contribution in [0.3, 0.4) is 0 Å². The third-order valence-corrected chi connectivity index (χ3v) is 12.9. The molecule has 2 heterocycles. The van der Waals surface area contributed by atoms with Crippen molar-refractivity contribution in [2.75, 3.05) is 0 Å². The number of benzene rings is 10. The molecule has 2 aromatic heterocycles. The summed E-state index contributed by atoms with van der Waals surface area (Å²) in [6.45, 7) is 0. The van der Waals surface area contributed by atoms with E-state index >= 15 is 0 Å². The van der Waals surface area contributed by atoms with E-state index in [2.05, 4.69) is 229 Å². The molecule has 0 fully saturated rings. The minimum absolute atomic E-state index is 0.635. The average molecular weight is 800 g/mol. The summed E-state index contributed by atoms with van der Waals surface area (Å²) in [6.07, 6.45) is 0. The van der Waals surface area contributed by atoms with E-state index in [0.717, 1.165) is 38.9 Å². The van der Waals surface area contributed by atoms with Crippen LogP contribution in [-0.4, -0.2) is 14.5 Å². The molecule has 0 N–H and O–H groups in total. The summed E-state index contributed by atoms with van der Waals surface area (Å²) in [5, 5.41) is 7.34. The fraction of sp³-hybridized carbons (Fsp3) is 0. The summed E-state index contributed by atoms with van der Waals surface area (Å²) in [5.74, 6) is 0.635. The van der Waals surface area contributed by atoms with Crippen LogP contribution in [0.1, 0.15) is 0 Å². The van der Waals surface area contributed by atoms with Crippen molar-refractivity contribution < 1.29 is 0 Å². The molecular weight excluding hydrogens is 763 g/mol. The van der Waals surface area contributed by atoms with Gasteiger partial charge >= 0.3 is 0 Å². The SMILES string of the molecule is c1ccc(-c2ccc3c(c2)c2c4cccc5c4c(cc2n3-c2nc(-c3ccccc3)cc(-c3ccccc3)n2)-c2c-5c(-c3ccccc3)c3ccccc3c2-c2ccccc2)cc1. The third-order valence-electron chi connectivity index (χ3n) is 12.9. The molecule has 0 atom stereocenters. The molecule has 0 aliphatic heterocycles. The lowest BCUT2D eigenvalue weighted by Gasteiger charge is -2.20. The first-order valence-corrected chi connectivity index (χ1v) is 21.6. The van der Waals surface area contributed by atoms with Crippen molar-refractivity contribution in [3.8, 4) is 84.1 Å². The van der Waals surface area contributed by atoms with E-state index < -0.39 is 0 Å². The lowest BCUT2D eigenvalue weighted by atomic mass is 9.82. The number of fused-ring (bicyclic) bond motifs is 8. The van der Waals surface area contributed by atoms with Gasteiger partial charge in [-0.1, -0.05) is 200 Å². The Balaban J connectivity index is 1.21. The Morgan fingerprint density at radius 2 is 0.746 bits per heavy atom. The van der Waals surface area contributed by atoms with Crippen LogP contribution < -0.4 is 0 Å². The first-order chi connectivity index (χ1) is 31.3. The Hall–Kier alpha value is -8.40. The summed E-state index contributed by atoms with van der Waals surface area (Å²) in [6, 6.07) is 80.9. The zero-order chi connectivity index (χ0) is 41.4. The molecule has 10 aromatic carbocycles. The first kappa shape index (κ1) is 35.4. The third kappa shape index (κ3) is 5.46. The van der Waals surface area contributed by atoms with Gasteiger partial charge in [0.2, 0.25) is 5.95 Å². The van der Waals surface area contributed by atoms with Crippen molar-refractivity contribution in [1.82, 2.24) is 14.5 Å². The van der Waals surface area contributed by atoms with Gasteiger partial charge < -0.3 is 0 Å². The summed E-state index contributed by atoms with van der Waals surface area (Å²) in [7, 11) is 0. The zero-order valence-corrected chi connectivity index (χ0v) is 34.2. The van der Waals surface area contributed by atoms with Crippen LogP contribution in [0.4, 0.5) is 0 Å². The highest BCUT2D eigenvalue weighted by atomic mass is 15.2. The molecule has 12 aromatic rings. The summed E-state index contributed by atoms with van der Waals surface area (Å²) < 4.78 is 2.32. The maximum Gasteiger partial charge on any atom is 0.235 e. The Kier molecular flexibility index (Phi) is 7.91. The molecule has 0 amide bonds. The Morgan fingerprint density at radius 1 is 0.270 bits per heavy atom. The molecule has 0 bridgehead atoms. The lowest BCUT2D eigenvalue weighted by Crippen LogP contribution is -2.04. The van der Waals surface area contributed by atoms with Crippen LogP contribution in [0.15, 0.2) is 224 Å². The van der Waals surface area contributed by atoms with Crippen molar-refractivity contribution >= 4 is 43.4 Å². The van der Waals surface area contributed by atoms with Crippen molar-refractivity contribution in [2.24, 2.45) is 0 Å². The van der Waals surface area contributed by atoms with E-state index in [1.165, 1.54) is 82.6 Å². The lowest BCUT2D eigenvalue weighted by molar-refractivity contribution is 0.996. The molecule has 0 spiro atoms. The van der Waals surface area contributed by atoms with Crippen LogP contribution in [0.25, 0.3) is 127 Å². The molecule has 1 aliphatic rings. The quantitative estimate of drug-likeness (QED) is 0.168. The number of hydrogen-bond acceptors (Lipinski definition) is 2. The molecule has 1 aliphatic carbocycles. The van der Waals surface area contributed by atoms with Gasteiger partial charge in [0.05, 0.1) is 22.4 Å². The van der Waals surface area contributed by atoms with Gasteiger partial charge in [0.15, 0.2) is 0 Å².